The van der Waals surface area contributed by atoms with E-state index in [-0.39, 0.29) is 23.6 Å². The normalized spacial score (nSPS) is 20.8. The van der Waals surface area contributed by atoms with E-state index in [0.29, 0.717) is 37.0 Å². The number of nitrogens with zero attached hydrogens (tertiary/aromatic N) is 6. The highest BCUT2D eigenvalue weighted by Gasteiger charge is 2.49. The van der Waals surface area contributed by atoms with E-state index in [0.717, 1.165) is 41.4 Å². The molecular formula is C27H28FN7O4. The van der Waals surface area contributed by atoms with Crippen molar-refractivity contribution in [2.45, 2.75) is 45.3 Å². The van der Waals surface area contributed by atoms with Gasteiger partial charge >= 0.3 is 6.03 Å². The Bertz CT molecular complexity index is 1490. The summed E-state index contributed by atoms with van der Waals surface area (Å²) in [6, 6.07) is 5.01. The van der Waals surface area contributed by atoms with Crippen LogP contribution in [-0.2, 0) is 16.1 Å². The highest BCUT2D eigenvalue weighted by atomic mass is 19.1. The fourth-order valence-electron chi connectivity index (χ4n) is 5.67. The third-order valence-electron chi connectivity index (χ3n) is 7.45. The number of carbonyl (C=O) groups excluding carboxylic acids is 3. The van der Waals surface area contributed by atoms with Crippen LogP contribution < -0.4 is 25.2 Å². The quantitative estimate of drug-likeness (QED) is 0.500. The van der Waals surface area contributed by atoms with Gasteiger partial charge in [0, 0.05) is 30.6 Å². The van der Waals surface area contributed by atoms with Crippen molar-refractivity contribution in [3.8, 4) is 17.1 Å². The fourth-order valence-corrected chi connectivity index (χ4v) is 5.67. The van der Waals surface area contributed by atoms with Crippen molar-refractivity contribution in [3.05, 3.63) is 48.7 Å². The van der Waals surface area contributed by atoms with Crippen LogP contribution in [-0.4, -0.2) is 57.6 Å². The van der Waals surface area contributed by atoms with Crippen molar-refractivity contribution >= 4 is 35.0 Å². The average molecular weight is 534 g/mol. The smallest absolute Gasteiger partial charge is 0.337 e. The molecule has 4 amide bonds. The van der Waals surface area contributed by atoms with Gasteiger partial charge in [0.2, 0.25) is 5.91 Å². The van der Waals surface area contributed by atoms with Crippen molar-refractivity contribution in [2.75, 3.05) is 27.9 Å². The maximum Gasteiger partial charge on any atom is 0.337 e. The number of nitrogens with two attached hydrogens (primary N) is 1. The van der Waals surface area contributed by atoms with E-state index in [1.54, 1.807) is 6.20 Å². The zero-order valence-corrected chi connectivity index (χ0v) is 21.6. The Morgan fingerprint density at radius 3 is 2.72 bits per heavy atom. The second kappa shape index (κ2) is 9.37. The van der Waals surface area contributed by atoms with Crippen LogP contribution in [0.4, 0.5) is 26.4 Å². The molecule has 2 fully saturated rings. The molecule has 202 valence electrons. The second-order valence-electron chi connectivity index (χ2n) is 10.3. The molecule has 0 saturated carbocycles. The number of hydrogen-bond acceptors (Lipinski definition) is 7. The van der Waals surface area contributed by atoms with Gasteiger partial charge in [-0.2, -0.15) is 0 Å². The molecule has 12 heteroatoms. The van der Waals surface area contributed by atoms with Gasteiger partial charge in [-0.15, -0.1) is 0 Å². The number of rotatable bonds is 5. The molecule has 0 spiro atoms. The molecule has 3 aromatic rings. The highest BCUT2D eigenvalue weighted by Crippen LogP contribution is 2.39. The van der Waals surface area contributed by atoms with E-state index >= 15 is 0 Å². The zero-order valence-electron chi connectivity index (χ0n) is 21.6. The van der Waals surface area contributed by atoms with Crippen LogP contribution in [0.15, 0.2) is 42.9 Å². The minimum absolute atomic E-state index is 0.0707. The third-order valence-corrected chi connectivity index (χ3v) is 7.45. The van der Waals surface area contributed by atoms with Crippen molar-refractivity contribution in [2.24, 2.45) is 11.7 Å². The van der Waals surface area contributed by atoms with E-state index in [1.165, 1.54) is 11.1 Å². The summed E-state index contributed by atoms with van der Waals surface area (Å²) in [7, 11) is 0. The van der Waals surface area contributed by atoms with Gasteiger partial charge in [-0.25, -0.2) is 19.1 Å². The van der Waals surface area contributed by atoms with Gasteiger partial charge < -0.3 is 19.9 Å². The molecule has 11 nitrogen and oxygen atoms in total. The van der Waals surface area contributed by atoms with Crippen LogP contribution >= 0.6 is 0 Å². The number of benzene rings is 1. The van der Waals surface area contributed by atoms with E-state index in [9.17, 15) is 18.8 Å². The SMILES string of the molecule is CC(C)C1C(=O)N(c2cncc(F)c2)C(=O)N1c1cn2c(n1)-c1ccc(N3CCC[C@H]3C(N)=O)cc1OCC2. The topological polar surface area (TPSA) is 127 Å². The van der Waals surface area contributed by atoms with Gasteiger partial charge in [0.15, 0.2) is 5.82 Å². The van der Waals surface area contributed by atoms with Crippen molar-refractivity contribution in [3.63, 3.8) is 0 Å². The Kier molecular flexibility index (Phi) is 5.96. The number of amides is 4. The number of hydrogen-bond donors (Lipinski definition) is 1. The van der Waals surface area contributed by atoms with Gasteiger partial charge in [-0.05, 0) is 30.9 Å². The zero-order chi connectivity index (χ0) is 27.4. The lowest BCUT2D eigenvalue weighted by molar-refractivity contribution is -0.119. The van der Waals surface area contributed by atoms with Crippen molar-refractivity contribution < 1.29 is 23.5 Å². The summed E-state index contributed by atoms with van der Waals surface area (Å²) < 4.78 is 21.8. The second-order valence-corrected chi connectivity index (χ2v) is 10.3. The molecule has 2 aromatic heterocycles. The number of aromatic nitrogens is 3. The number of anilines is 3. The van der Waals surface area contributed by atoms with Gasteiger partial charge in [0.1, 0.15) is 36.1 Å². The Morgan fingerprint density at radius 2 is 1.97 bits per heavy atom. The molecule has 39 heavy (non-hydrogen) atoms. The molecule has 3 aliphatic heterocycles. The minimum atomic E-state index is -0.820. The third kappa shape index (κ3) is 4.06. The summed E-state index contributed by atoms with van der Waals surface area (Å²) in [5.41, 5.74) is 7.25. The average Bonchev–Trinajstić information content (AvgIpc) is 3.58. The number of imidazole rings is 1. The summed E-state index contributed by atoms with van der Waals surface area (Å²) in [6.45, 7) is 5.25. The number of fused-ring (bicyclic) bond motifs is 3. The first kappa shape index (κ1) is 24.8. The minimum Gasteiger partial charge on any atom is -0.491 e. The van der Waals surface area contributed by atoms with E-state index in [1.807, 2.05) is 41.5 Å². The lowest BCUT2D eigenvalue weighted by Crippen LogP contribution is -2.40. The first-order chi connectivity index (χ1) is 18.7. The molecular weight excluding hydrogens is 505 g/mol. The molecule has 1 aromatic carbocycles. The first-order valence-electron chi connectivity index (χ1n) is 12.9. The summed E-state index contributed by atoms with van der Waals surface area (Å²) in [5.74, 6) is -0.176. The predicted octanol–water partition coefficient (Wildman–Crippen LogP) is 2.93. The largest absolute Gasteiger partial charge is 0.491 e. The van der Waals surface area contributed by atoms with Crippen LogP contribution in [0.1, 0.15) is 26.7 Å². The molecule has 0 bridgehead atoms. The van der Waals surface area contributed by atoms with Gasteiger partial charge in [0.05, 0.1) is 30.2 Å². The molecule has 2 atom stereocenters. The first-order valence-corrected chi connectivity index (χ1v) is 12.9. The van der Waals surface area contributed by atoms with Crippen molar-refractivity contribution in [1.29, 1.82) is 0 Å². The molecule has 2 N–H and O–H groups in total. The Labute approximate surface area is 224 Å². The molecule has 6 rings (SSSR count). The van der Waals surface area contributed by atoms with E-state index in [4.69, 9.17) is 15.5 Å². The fraction of sp³-hybridized carbons (Fsp3) is 0.370. The molecule has 1 unspecified atom stereocenters. The summed E-state index contributed by atoms with van der Waals surface area (Å²) >= 11 is 0. The summed E-state index contributed by atoms with van der Waals surface area (Å²) in [6.07, 6.45) is 5.63. The number of imide groups is 1. The van der Waals surface area contributed by atoms with Crippen molar-refractivity contribution in [1.82, 2.24) is 14.5 Å². The molecule has 0 aliphatic carbocycles. The van der Waals surface area contributed by atoms with Gasteiger partial charge in [0.25, 0.3) is 5.91 Å². The van der Waals surface area contributed by atoms with Gasteiger partial charge in [-0.3, -0.25) is 19.5 Å². The molecule has 5 heterocycles. The number of urea groups is 1. The van der Waals surface area contributed by atoms with Crippen LogP contribution in [0.5, 0.6) is 5.75 Å². The highest BCUT2D eigenvalue weighted by molar-refractivity contribution is 6.28. The van der Waals surface area contributed by atoms with E-state index < -0.39 is 23.8 Å². The van der Waals surface area contributed by atoms with Crippen LogP contribution in [0.3, 0.4) is 0 Å². The monoisotopic (exact) mass is 533 g/mol. The van der Waals surface area contributed by atoms with Gasteiger partial charge in [-0.1, -0.05) is 13.8 Å². The standard InChI is InChI=1S/C27H28FN7O4/c1-15(2)23-26(37)34(18-10-16(28)12-30-13-18)27(38)35(23)22-14-32-8-9-39-21-11-17(5-6-19(21)25(32)31-22)33-7-3-4-20(33)24(29)36/h5-6,10-15,20,23H,3-4,7-9H2,1-2H3,(H2,29,36)/t20-,23?/m0/s1. The summed E-state index contributed by atoms with van der Waals surface area (Å²) in [4.78, 5) is 51.9. The van der Waals surface area contributed by atoms with Crippen LogP contribution in [0.2, 0.25) is 0 Å². The van der Waals surface area contributed by atoms with Crippen LogP contribution in [0.25, 0.3) is 11.4 Å². The van der Waals surface area contributed by atoms with Crippen LogP contribution in [0, 0.1) is 11.7 Å². The number of pyridine rings is 1. The lowest BCUT2D eigenvalue weighted by Gasteiger charge is -2.25. The Morgan fingerprint density at radius 1 is 1.15 bits per heavy atom. The Hall–Kier alpha value is -4.48. The number of ether oxygens (including phenoxy) is 1. The number of carbonyl (C=O) groups is 3. The Balaban J connectivity index is 1.38. The van der Waals surface area contributed by atoms with E-state index in [2.05, 4.69) is 4.98 Å². The number of halogens is 1. The lowest BCUT2D eigenvalue weighted by atomic mass is 10.0. The molecule has 2 saturated heterocycles. The predicted molar refractivity (Wildman–Crippen MR) is 141 cm³/mol. The molecule has 3 aliphatic rings. The maximum atomic E-state index is 13.9. The maximum absolute atomic E-state index is 13.9. The summed E-state index contributed by atoms with van der Waals surface area (Å²) in [5, 5.41) is 0. The number of primary amides is 1. The molecule has 0 radical (unpaired) electrons.